The summed E-state index contributed by atoms with van der Waals surface area (Å²) in [6.45, 7) is 2.27. The van der Waals surface area contributed by atoms with E-state index in [1.807, 2.05) is 6.92 Å². The van der Waals surface area contributed by atoms with Gasteiger partial charge < -0.3 is 10.1 Å². The zero-order valence-corrected chi connectivity index (χ0v) is 15.4. The van der Waals surface area contributed by atoms with Crippen molar-refractivity contribution >= 4 is 33.0 Å². The maximum Gasteiger partial charge on any atom is 0.273 e. The fourth-order valence-electron chi connectivity index (χ4n) is 2.11. The molecule has 0 unspecified atom stereocenters. The molecule has 0 radical (unpaired) electrons. The molecule has 0 saturated carbocycles. The summed E-state index contributed by atoms with van der Waals surface area (Å²) in [5.74, 6) is -0.227. The Morgan fingerprint density at radius 3 is 2.50 bits per heavy atom. The number of ether oxygens (including phenoxy) is 1. The first kappa shape index (κ1) is 18.4. The summed E-state index contributed by atoms with van der Waals surface area (Å²) in [6.07, 6.45) is 0. The second kappa shape index (κ2) is 7.78. The van der Waals surface area contributed by atoms with Crippen molar-refractivity contribution in [2.24, 2.45) is 0 Å². The average Bonchev–Trinajstić information content (AvgIpc) is 3.09. The molecule has 2 aromatic rings. The third kappa shape index (κ3) is 4.14. The molecule has 1 aromatic heterocycles. The van der Waals surface area contributed by atoms with E-state index in [2.05, 4.69) is 5.32 Å². The highest BCUT2D eigenvalue weighted by atomic mass is 32.2. The zero-order valence-electron chi connectivity index (χ0n) is 13.7. The van der Waals surface area contributed by atoms with Gasteiger partial charge in [-0.25, -0.2) is 8.42 Å². The van der Waals surface area contributed by atoms with E-state index in [0.29, 0.717) is 17.9 Å². The number of nitrogens with one attached hydrogen (secondary N) is 1. The quantitative estimate of drug-likeness (QED) is 0.814. The molecule has 0 aliphatic carbocycles. The van der Waals surface area contributed by atoms with Crippen LogP contribution in [0.25, 0.3) is 0 Å². The van der Waals surface area contributed by atoms with Crippen molar-refractivity contribution in [2.45, 2.75) is 17.2 Å². The molecule has 0 aliphatic rings. The van der Waals surface area contributed by atoms with Crippen LogP contribution in [-0.4, -0.2) is 41.1 Å². The molecule has 1 heterocycles. The van der Waals surface area contributed by atoms with Crippen molar-refractivity contribution in [3.8, 4) is 0 Å². The summed E-state index contributed by atoms with van der Waals surface area (Å²) in [7, 11) is -0.512. The van der Waals surface area contributed by atoms with Crippen molar-refractivity contribution in [2.75, 3.05) is 25.1 Å². The standard InChI is InChI=1S/C16H20N2O4S2/c1-12(11-22-3)17-16(19)13-6-8-14(9-7-13)18(2)24(20,21)15-5-4-10-23-15/h4-10,12H,11H2,1-3H3,(H,17,19)/t12-/m1/s1. The highest BCUT2D eigenvalue weighted by Gasteiger charge is 2.22. The van der Waals surface area contributed by atoms with Gasteiger partial charge >= 0.3 is 0 Å². The lowest BCUT2D eigenvalue weighted by Crippen LogP contribution is -2.35. The molecule has 1 N–H and O–H groups in total. The Morgan fingerprint density at radius 2 is 1.96 bits per heavy atom. The zero-order chi connectivity index (χ0) is 17.7. The van der Waals surface area contributed by atoms with Gasteiger partial charge in [0.2, 0.25) is 0 Å². The summed E-state index contributed by atoms with van der Waals surface area (Å²) in [4.78, 5) is 12.1. The lowest BCUT2D eigenvalue weighted by molar-refractivity contribution is 0.0905. The highest BCUT2D eigenvalue weighted by molar-refractivity contribution is 7.94. The number of anilines is 1. The first-order valence-electron chi connectivity index (χ1n) is 7.28. The van der Waals surface area contributed by atoms with Gasteiger partial charge in [-0.15, -0.1) is 11.3 Å². The number of amides is 1. The van der Waals surface area contributed by atoms with E-state index in [1.54, 1.807) is 48.9 Å². The van der Waals surface area contributed by atoms with Gasteiger partial charge in [0.15, 0.2) is 0 Å². The largest absolute Gasteiger partial charge is 0.383 e. The van der Waals surface area contributed by atoms with Gasteiger partial charge in [0.25, 0.3) is 15.9 Å². The van der Waals surface area contributed by atoms with Gasteiger partial charge in [-0.2, -0.15) is 0 Å². The number of carbonyl (C=O) groups is 1. The van der Waals surface area contributed by atoms with Gasteiger partial charge in [-0.3, -0.25) is 9.10 Å². The molecule has 1 amide bonds. The van der Waals surface area contributed by atoms with E-state index in [1.165, 1.54) is 22.7 Å². The SMILES string of the molecule is COC[C@@H](C)NC(=O)c1ccc(N(C)S(=O)(=O)c2cccs2)cc1. The number of hydrogen-bond donors (Lipinski definition) is 1. The number of thiophene rings is 1. The lowest BCUT2D eigenvalue weighted by atomic mass is 10.2. The van der Waals surface area contributed by atoms with Crippen LogP contribution in [0.1, 0.15) is 17.3 Å². The molecule has 0 saturated heterocycles. The maximum atomic E-state index is 12.5. The Hall–Kier alpha value is -1.90. The average molecular weight is 368 g/mol. The van der Waals surface area contributed by atoms with E-state index >= 15 is 0 Å². The lowest BCUT2D eigenvalue weighted by Gasteiger charge is -2.19. The van der Waals surface area contributed by atoms with Crippen LogP contribution < -0.4 is 9.62 Å². The minimum atomic E-state index is -3.57. The number of nitrogens with zero attached hydrogens (tertiary/aromatic N) is 1. The van der Waals surface area contributed by atoms with Crippen molar-refractivity contribution < 1.29 is 17.9 Å². The molecule has 1 aromatic carbocycles. The molecule has 0 bridgehead atoms. The van der Waals surface area contributed by atoms with Crippen LogP contribution in [-0.2, 0) is 14.8 Å². The van der Waals surface area contributed by atoms with Crippen molar-refractivity contribution in [3.05, 3.63) is 47.3 Å². The van der Waals surface area contributed by atoms with Crippen LogP contribution in [0.5, 0.6) is 0 Å². The van der Waals surface area contributed by atoms with Crippen LogP contribution in [0.4, 0.5) is 5.69 Å². The smallest absolute Gasteiger partial charge is 0.273 e. The Bertz CT molecular complexity index is 771. The molecule has 0 aliphatic heterocycles. The monoisotopic (exact) mass is 368 g/mol. The molecule has 2 rings (SSSR count). The van der Waals surface area contributed by atoms with E-state index in [0.717, 1.165) is 0 Å². The summed E-state index contributed by atoms with van der Waals surface area (Å²) in [5, 5.41) is 4.52. The van der Waals surface area contributed by atoms with E-state index < -0.39 is 10.0 Å². The van der Waals surface area contributed by atoms with Crippen LogP contribution in [0.2, 0.25) is 0 Å². The van der Waals surface area contributed by atoms with Crippen LogP contribution >= 0.6 is 11.3 Å². The third-order valence-electron chi connectivity index (χ3n) is 3.40. The van der Waals surface area contributed by atoms with Crippen LogP contribution in [0, 0.1) is 0 Å². The molecule has 24 heavy (non-hydrogen) atoms. The molecule has 0 spiro atoms. The second-order valence-corrected chi connectivity index (χ2v) is 8.43. The molecule has 0 fully saturated rings. The molecule has 6 nitrogen and oxygen atoms in total. The van der Waals surface area contributed by atoms with E-state index in [4.69, 9.17) is 4.74 Å². The minimum Gasteiger partial charge on any atom is -0.383 e. The van der Waals surface area contributed by atoms with Gasteiger partial charge in [0, 0.05) is 25.8 Å². The number of benzene rings is 1. The summed E-state index contributed by atoms with van der Waals surface area (Å²) < 4.78 is 31.4. The number of carbonyl (C=O) groups excluding carboxylic acids is 1. The minimum absolute atomic E-state index is 0.107. The fourth-order valence-corrected chi connectivity index (χ4v) is 4.46. The predicted molar refractivity (Wildman–Crippen MR) is 95.2 cm³/mol. The molecular weight excluding hydrogens is 348 g/mol. The predicted octanol–water partition coefficient (Wildman–Crippen LogP) is 2.34. The Balaban J connectivity index is 2.13. The van der Waals surface area contributed by atoms with Gasteiger partial charge in [-0.05, 0) is 42.6 Å². The van der Waals surface area contributed by atoms with Crippen molar-refractivity contribution in [1.82, 2.24) is 5.32 Å². The van der Waals surface area contributed by atoms with E-state index in [9.17, 15) is 13.2 Å². The Kier molecular flexibility index (Phi) is 5.98. The van der Waals surface area contributed by atoms with Gasteiger partial charge in [-0.1, -0.05) is 6.07 Å². The number of rotatable bonds is 7. The Labute approximate surface area is 146 Å². The summed E-state index contributed by atoms with van der Waals surface area (Å²) in [5.41, 5.74) is 0.952. The molecule has 1 atom stereocenters. The first-order valence-corrected chi connectivity index (χ1v) is 9.60. The molecular formula is C16H20N2O4S2. The number of sulfonamides is 1. The number of methoxy groups -OCH3 is 1. The van der Waals surface area contributed by atoms with Crippen molar-refractivity contribution in [1.29, 1.82) is 0 Å². The fraction of sp³-hybridized carbons (Fsp3) is 0.312. The highest BCUT2D eigenvalue weighted by Crippen LogP contribution is 2.25. The van der Waals surface area contributed by atoms with E-state index in [-0.39, 0.29) is 16.2 Å². The van der Waals surface area contributed by atoms with Crippen molar-refractivity contribution in [3.63, 3.8) is 0 Å². The molecule has 130 valence electrons. The summed E-state index contributed by atoms with van der Waals surface area (Å²) in [6, 6.07) is 9.58. The molecule has 8 heteroatoms. The third-order valence-corrected chi connectivity index (χ3v) is 6.56. The van der Waals surface area contributed by atoms with Crippen LogP contribution in [0.15, 0.2) is 46.0 Å². The van der Waals surface area contributed by atoms with Gasteiger partial charge in [0.1, 0.15) is 4.21 Å². The van der Waals surface area contributed by atoms with Gasteiger partial charge in [0.05, 0.1) is 12.3 Å². The first-order chi connectivity index (χ1) is 11.4. The normalized spacial score (nSPS) is 12.6. The second-order valence-electron chi connectivity index (χ2n) is 5.28. The summed E-state index contributed by atoms with van der Waals surface area (Å²) >= 11 is 1.17. The topological polar surface area (TPSA) is 75.7 Å². The maximum absolute atomic E-state index is 12.5. The van der Waals surface area contributed by atoms with Crippen LogP contribution in [0.3, 0.4) is 0 Å². The Morgan fingerprint density at radius 1 is 1.29 bits per heavy atom. The number of hydrogen-bond acceptors (Lipinski definition) is 5.